The number of carbonyl (C=O) groups is 1. The van der Waals surface area contributed by atoms with Crippen LogP contribution in [-0.2, 0) is 24.3 Å². The van der Waals surface area contributed by atoms with Crippen molar-refractivity contribution in [2.75, 3.05) is 26.8 Å². The van der Waals surface area contributed by atoms with E-state index in [4.69, 9.17) is 9.47 Å². The molecule has 148 valence electrons. The summed E-state index contributed by atoms with van der Waals surface area (Å²) >= 11 is 0. The molecule has 0 aromatic heterocycles. The van der Waals surface area contributed by atoms with Crippen LogP contribution in [-0.4, -0.2) is 56.0 Å². The lowest BCUT2D eigenvalue weighted by Crippen LogP contribution is -2.40. The van der Waals surface area contributed by atoms with Gasteiger partial charge in [-0.3, -0.25) is 14.9 Å². The van der Waals surface area contributed by atoms with Crippen molar-refractivity contribution in [3.8, 4) is 0 Å². The number of esters is 1. The number of hydrogen-bond donors (Lipinski definition) is 0. The average molecular weight is 398 g/mol. The van der Waals surface area contributed by atoms with E-state index in [0.717, 1.165) is 28.6 Å². The first-order chi connectivity index (χ1) is 12.7. The Morgan fingerprint density at radius 2 is 2.11 bits per heavy atom. The van der Waals surface area contributed by atoms with Gasteiger partial charge in [-0.15, -0.1) is 6.58 Å². The molecular formula is C17H22N2O7S. The van der Waals surface area contributed by atoms with Gasteiger partial charge in [-0.05, 0) is 25.0 Å². The molecule has 2 rings (SSSR count). The van der Waals surface area contributed by atoms with Crippen molar-refractivity contribution in [3.63, 3.8) is 0 Å². The Morgan fingerprint density at radius 3 is 2.63 bits per heavy atom. The number of nitrogens with zero attached hydrogens (tertiary/aromatic N) is 2. The molecule has 0 bridgehead atoms. The van der Waals surface area contributed by atoms with Gasteiger partial charge in [0.15, 0.2) is 0 Å². The zero-order valence-corrected chi connectivity index (χ0v) is 15.8. The van der Waals surface area contributed by atoms with Gasteiger partial charge >= 0.3 is 5.97 Å². The fraction of sp³-hybridized carbons (Fsp3) is 0.471. The predicted octanol–water partition coefficient (Wildman–Crippen LogP) is 1.88. The molecule has 27 heavy (non-hydrogen) atoms. The van der Waals surface area contributed by atoms with Crippen LogP contribution in [0.4, 0.5) is 5.69 Å². The van der Waals surface area contributed by atoms with Crippen molar-refractivity contribution in [1.29, 1.82) is 0 Å². The first kappa shape index (κ1) is 21.0. The van der Waals surface area contributed by atoms with E-state index in [2.05, 4.69) is 6.58 Å². The van der Waals surface area contributed by atoms with Crippen LogP contribution < -0.4 is 0 Å². The highest BCUT2D eigenvalue weighted by atomic mass is 32.2. The van der Waals surface area contributed by atoms with E-state index in [9.17, 15) is 23.3 Å². The zero-order chi connectivity index (χ0) is 20.1. The van der Waals surface area contributed by atoms with Gasteiger partial charge in [0.2, 0.25) is 10.0 Å². The fourth-order valence-corrected chi connectivity index (χ4v) is 3.86. The van der Waals surface area contributed by atoms with Crippen molar-refractivity contribution in [1.82, 2.24) is 4.31 Å². The van der Waals surface area contributed by atoms with Crippen LogP contribution in [0.3, 0.4) is 0 Å². The number of allylic oxidation sites excluding steroid dienone is 1. The zero-order valence-electron chi connectivity index (χ0n) is 15.0. The van der Waals surface area contributed by atoms with Gasteiger partial charge in [-0.2, -0.15) is 4.31 Å². The molecule has 1 aliphatic heterocycles. The summed E-state index contributed by atoms with van der Waals surface area (Å²) in [5.74, 6) is -0.683. The summed E-state index contributed by atoms with van der Waals surface area (Å²) in [4.78, 5) is 22.2. The van der Waals surface area contributed by atoms with Crippen molar-refractivity contribution in [3.05, 3.63) is 47.0 Å². The molecule has 1 fully saturated rings. The van der Waals surface area contributed by atoms with Crippen LogP contribution in [0.5, 0.6) is 0 Å². The number of likely N-dealkylation sites (N-methyl/N-ethyl adjacent to an activating group) is 1. The van der Waals surface area contributed by atoms with E-state index >= 15 is 0 Å². The fourth-order valence-electron chi connectivity index (χ4n) is 2.74. The number of nitro benzene ring substituents is 1. The van der Waals surface area contributed by atoms with Crippen molar-refractivity contribution < 1.29 is 27.6 Å². The second-order valence-electron chi connectivity index (χ2n) is 6.30. The normalized spacial score (nSPS) is 19.8. The van der Waals surface area contributed by atoms with Crippen LogP contribution in [0, 0.1) is 10.1 Å². The number of nitro groups is 1. The number of benzene rings is 1. The van der Waals surface area contributed by atoms with E-state index in [1.807, 2.05) is 0 Å². The second kappa shape index (κ2) is 8.59. The molecule has 0 amide bonds. The lowest BCUT2D eigenvalue weighted by atomic mass is 9.96. The summed E-state index contributed by atoms with van der Waals surface area (Å²) in [6.07, 6.45) is 3.47. The molecule has 1 aliphatic rings. The van der Waals surface area contributed by atoms with Gasteiger partial charge in [0, 0.05) is 25.6 Å². The lowest BCUT2D eigenvalue weighted by Gasteiger charge is -2.28. The third kappa shape index (κ3) is 5.12. The van der Waals surface area contributed by atoms with Gasteiger partial charge in [-0.25, -0.2) is 8.42 Å². The smallest absolute Gasteiger partial charge is 0.321 e. The predicted molar refractivity (Wildman–Crippen MR) is 96.6 cm³/mol. The molecule has 1 heterocycles. The van der Waals surface area contributed by atoms with Crippen LogP contribution in [0.25, 0.3) is 0 Å². The molecule has 1 aromatic rings. The highest BCUT2D eigenvalue weighted by molar-refractivity contribution is 7.89. The topological polar surface area (TPSA) is 116 Å². The molecule has 1 aromatic carbocycles. The molecule has 0 spiro atoms. The maximum Gasteiger partial charge on any atom is 0.321 e. The SMILES string of the molecule is C=CCCC1(OC(=O)CN(C)S(=O)(=O)c2ccc([N+](=O)[O-])cc2)CCOC1. The number of hydrogen-bond acceptors (Lipinski definition) is 7. The van der Waals surface area contributed by atoms with Crippen LogP contribution in [0.15, 0.2) is 41.8 Å². The largest absolute Gasteiger partial charge is 0.456 e. The molecule has 0 aliphatic carbocycles. The lowest BCUT2D eigenvalue weighted by molar-refractivity contribution is -0.384. The van der Waals surface area contributed by atoms with Crippen molar-refractivity contribution in [2.24, 2.45) is 0 Å². The Morgan fingerprint density at radius 1 is 1.44 bits per heavy atom. The van der Waals surface area contributed by atoms with E-state index in [-0.39, 0.29) is 17.2 Å². The van der Waals surface area contributed by atoms with Crippen molar-refractivity contribution >= 4 is 21.7 Å². The van der Waals surface area contributed by atoms with E-state index in [0.29, 0.717) is 25.9 Å². The van der Waals surface area contributed by atoms with E-state index in [1.54, 1.807) is 6.08 Å². The van der Waals surface area contributed by atoms with Gasteiger partial charge < -0.3 is 9.47 Å². The third-order valence-corrected chi connectivity index (χ3v) is 6.13. The molecule has 1 unspecified atom stereocenters. The van der Waals surface area contributed by atoms with Crippen molar-refractivity contribution in [2.45, 2.75) is 29.8 Å². The number of non-ortho nitro benzene ring substituents is 1. The Labute approximate surface area is 157 Å². The van der Waals surface area contributed by atoms with E-state index in [1.165, 1.54) is 7.05 Å². The first-order valence-electron chi connectivity index (χ1n) is 8.31. The van der Waals surface area contributed by atoms with E-state index < -0.39 is 33.1 Å². The quantitative estimate of drug-likeness (QED) is 0.270. The number of rotatable bonds is 9. The second-order valence-corrected chi connectivity index (χ2v) is 8.34. The number of ether oxygens (including phenoxy) is 2. The molecule has 0 radical (unpaired) electrons. The van der Waals surface area contributed by atoms with Crippen LogP contribution in [0.2, 0.25) is 0 Å². The summed E-state index contributed by atoms with van der Waals surface area (Å²) < 4.78 is 36.8. The minimum absolute atomic E-state index is 0.144. The summed E-state index contributed by atoms with van der Waals surface area (Å²) in [5.41, 5.74) is -0.982. The third-order valence-electron chi connectivity index (χ3n) is 4.31. The van der Waals surface area contributed by atoms with Gasteiger partial charge in [0.1, 0.15) is 12.1 Å². The molecule has 1 saturated heterocycles. The average Bonchev–Trinajstić information content (AvgIpc) is 3.08. The Hall–Kier alpha value is -2.30. The Kier molecular flexibility index (Phi) is 6.68. The first-order valence-corrected chi connectivity index (χ1v) is 9.75. The molecule has 0 saturated carbocycles. The summed E-state index contributed by atoms with van der Waals surface area (Å²) in [5, 5.41) is 10.7. The van der Waals surface area contributed by atoms with Gasteiger partial charge in [0.05, 0.1) is 23.0 Å². The standard InChI is InChI=1S/C17H22N2O7S/c1-3-4-9-17(10-11-25-13-17)26-16(20)12-18(2)27(23,24)15-7-5-14(6-8-15)19(21)22/h3,5-8H,1,4,9-13H2,2H3. The monoisotopic (exact) mass is 398 g/mol. The summed E-state index contributed by atoms with van der Waals surface area (Å²) in [6.45, 7) is 3.92. The molecule has 0 N–H and O–H groups in total. The minimum Gasteiger partial charge on any atom is -0.456 e. The number of sulfonamides is 1. The Balaban J connectivity index is 2.05. The molecule has 1 atom stereocenters. The Bertz CT molecular complexity index is 799. The summed E-state index contributed by atoms with van der Waals surface area (Å²) in [7, 11) is -2.73. The van der Waals surface area contributed by atoms with Gasteiger partial charge in [-0.1, -0.05) is 6.08 Å². The number of carbonyl (C=O) groups excluding carboxylic acids is 1. The minimum atomic E-state index is -3.98. The highest BCUT2D eigenvalue weighted by Gasteiger charge is 2.38. The summed E-state index contributed by atoms with van der Waals surface area (Å²) in [6, 6.07) is 4.45. The molecule has 10 heteroatoms. The van der Waals surface area contributed by atoms with Crippen LogP contribution >= 0.6 is 0 Å². The highest BCUT2D eigenvalue weighted by Crippen LogP contribution is 2.29. The van der Waals surface area contributed by atoms with Crippen LogP contribution in [0.1, 0.15) is 19.3 Å². The van der Waals surface area contributed by atoms with Gasteiger partial charge in [0.25, 0.3) is 5.69 Å². The maximum absolute atomic E-state index is 12.5. The maximum atomic E-state index is 12.5. The molecular weight excluding hydrogens is 376 g/mol. The molecule has 9 nitrogen and oxygen atoms in total.